The number of benzene rings is 2. The summed E-state index contributed by atoms with van der Waals surface area (Å²) in [4.78, 5) is 33.6. The van der Waals surface area contributed by atoms with E-state index in [1.54, 1.807) is 19.1 Å². The number of carbonyl (C=O) groups excluding carboxylic acids is 2. The quantitative estimate of drug-likeness (QED) is 0.415. The first-order valence-electron chi connectivity index (χ1n) is 7.75. The molecule has 6 nitrogen and oxygen atoms in total. The van der Waals surface area contributed by atoms with Crippen LogP contribution in [0.25, 0.3) is 0 Å². The standard InChI is InChI=1S/C18H15F3N2O4/c1-12-5-2-3-8-15(12)17(25)22(11-24)10-18(20,21)16(19)13-6-4-7-14(9-13)23(26)27/h2-9,11,16H,10H2,1H3. The van der Waals surface area contributed by atoms with Crippen LogP contribution in [0.15, 0.2) is 48.5 Å². The highest BCUT2D eigenvalue weighted by Gasteiger charge is 2.44. The molecule has 0 saturated heterocycles. The molecule has 0 fully saturated rings. The molecule has 27 heavy (non-hydrogen) atoms. The number of halogens is 3. The molecule has 2 amide bonds. The van der Waals surface area contributed by atoms with Gasteiger partial charge in [-0.2, -0.15) is 0 Å². The molecule has 0 N–H and O–H groups in total. The average molecular weight is 380 g/mol. The Morgan fingerprint density at radius 3 is 2.52 bits per heavy atom. The minimum atomic E-state index is -4.14. The molecule has 0 aliphatic carbocycles. The van der Waals surface area contributed by atoms with Crippen molar-refractivity contribution in [3.8, 4) is 0 Å². The molecule has 1 atom stereocenters. The lowest BCUT2D eigenvalue weighted by Gasteiger charge is -2.26. The van der Waals surface area contributed by atoms with E-state index in [0.717, 1.165) is 18.2 Å². The van der Waals surface area contributed by atoms with Crippen LogP contribution < -0.4 is 0 Å². The van der Waals surface area contributed by atoms with E-state index in [1.165, 1.54) is 12.1 Å². The number of nitrogens with zero attached hydrogens (tertiary/aromatic N) is 2. The van der Waals surface area contributed by atoms with Gasteiger partial charge >= 0.3 is 0 Å². The van der Waals surface area contributed by atoms with Crippen molar-refractivity contribution in [2.24, 2.45) is 0 Å². The number of alkyl halides is 3. The van der Waals surface area contributed by atoms with Gasteiger partial charge in [-0.25, -0.2) is 13.2 Å². The van der Waals surface area contributed by atoms with Crippen LogP contribution in [0.5, 0.6) is 0 Å². The molecule has 142 valence electrons. The normalized spacial score (nSPS) is 12.3. The summed E-state index contributed by atoms with van der Waals surface area (Å²) in [6.07, 6.45) is -3.03. The zero-order valence-electron chi connectivity index (χ0n) is 14.1. The summed E-state index contributed by atoms with van der Waals surface area (Å²) in [5, 5.41) is 10.7. The molecule has 9 heteroatoms. The predicted octanol–water partition coefficient (Wildman–Crippen LogP) is 3.85. The van der Waals surface area contributed by atoms with Crippen LogP contribution >= 0.6 is 0 Å². The number of imide groups is 1. The fourth-order valence-electron chi connectivity index (χ4n) is 2.47. The number of rotatable bonds is 7. The Balaban J connectivity index is 2.25. The van der Waals surface area contributed by atoms with Crippen LogP contribution in [0.2, 0.25) is 0 Å². The van der Waals surface area contributed by atoms with Gasteiger partial charge in [0.25, 0.3) is 17.5 Å². The smallest absolute Gasteiger partial charge is 0.278 e. The Bertz CT molecular complexity index is 873. The number of nitro benzene ring substituents is 1. The number of non-ortho nitro benzene ring substituents is 1. The van der Waals surface area contributed by atoms with Gasteiger partial charge in [0.2, 0.25) is 6.41 Å². The van der Waals surface area contributed by atoms with Crippen molar-refractivity contribution in [2.75, 3.05) is 6.54 Å². The SMILES string of the molecule is Cc1ccccc1C(=O)N(C=O)CC(F)(F)C(F)c1cccc([N+](=O)[O-])c1. The Hall–Kier alpha value is -3.23. The summed E-state index contributed by atoms with van der Waals surface area (Å²) in [7, 11) is 0. The Morgan fingerprint density at radius 2 is 1.93 bits per heavy atom. The fraction of sp³-hybridized carbons (Fsp3) is 0.222. The maximum atomic E-state index is 14.4. The highest BCUT2D eigenvalue weighted by molar-refractivity contribution is 6.01. The average Bonchev–Trinajstić information content (AvgIpc) is 2.65. The van der Waals surface area contributed by atoms with Crippen molar-refractivity contribution in [1.82, 2.24) is 4.90 Å². The van der Waals surface area contributed by atoms with Gasteiger partial charge in [-0.15, -0.1) is 0 Å². The van der Waals surface area contributed by atoms with Crippen molar-refractivity contribution in [2.45, 2.75) is 19.0 Å². The van der Waals surface area contributed by atoms with Gasteiger partial charge in [0.1, 0.15) is 0 Å². The molecule has 0 heterocycles. The third-order valence-corrected chi connectivity index (χ3v) is 3.89. The summed E-state index contributed by atoms with van der Waals surface area (Å²) >= 11 is 0. The van der Waals surface area contributed by atoms with E-state index >= 15 is 0 Å². The van der Waals surface area contributed by atoms with E-state index in [9.17, 15) is 32.9 Å². The van der Waals surface area contributed by atoms with Crippen LogP contribution in [0.3, 0.4) is 0 Å². The van der Waals surface area contributed by atoms with Gasteiger partial charge < -0.3 is 0 Å². The molecule has 0 aromatic heterocycles. The molecule has 0 radical (unpaired) electrons. The first kappa shape index (κ1) is 20.1. The van der Waals surface area contributed by atoms with E-state index in [1.807, 2.05) is 0 Å². The van der Waals surface area contributed by atoms with E-state index in [0.29, 0.717) is 11.6 Å². The molecule has 1 unspecified atom stereocenters. The molecule has 0 aliphatic heterocycles. The fourth-order valence-corrected chi connectivity index (χ4v) is 2.47. The molecule has 2 rings (SSSR count). The van der Waals surface area contributed by atoms with Crippen molar-refractivity contribution in [3.05, 3.63) is 75.3 Å². The number of hydrogen-bond donors (Lipinski definition) is 0. The zero-order chi connectivity index (χ0) is 20.2. The van der Waals surface area contributed by atoms with E-state index in [-0.39, 0.29) is 16.9 Å². The molecule has 0 saturated carbocycles. The number of carbonyl (C=O) groups is 2. The van der Waals surface area contributed by atoms with Crippen molar-refractivity contribution >= 4 is 18.0 Å². The predicted molar refractivity (Wildman–Crippen MR) is 90.2 cm³/mol. The van der Waals surface area contributed by atoms with Crippen molar-refractivity contribution in [1.29, 1.82) is 0 Å². The highest BCUT2D eigenvalue weighted by atomic mass is 19.3. The van der Waals surface area contributed by atoms with Crippen molar-refractivity contribution < 1.29 is 27.7 Å². The minimum absolute atomic E-state index is 0.0335. The lowest BCUT2D eigenvalue weighted by molar-refractivity contribution is -0.385. The van der Waals surface area contributed by atoms with E-state index in [2.05, 4.69) is 0 Å². The number of aryl methyl sites for hydroxylation is 1. The molecule has 0 spiro atoms. The van der Waals surface area contributed by atoms with Crippen LogP contribution in [0, 0.1) is 17.0 Å². The Kier molecular flexibility index (Phi) is 5.94. The molecule has 2 aromatic rings. The van der Waals surface area contributed by atoms with E-state index < -0.39 is 40.7 Å². The lowest BCUT2D eigenvalue weighted by Crippen LogP contribution is -2.42. The van der Waals surface area contributed by atoms with Crippen LogP contribution in [-0.2, 0) is 4.79 Å². The van der Waals surface area contributed by atoms with Gasteiger partial charge in [0.05, 0.1) is 11.5 Å². The van der Waals surface area contributed by atoms with Gasteiger partial charge in [-0.3, -0.25) is 24.6 Å². The second-order valence-corrected chi connectivity index (χ2v) is 5.83. The second-order valence-electron chi connectivity index (χ2n) is 5.83. The number of amides is 2. The van der Waals surface area contributed by atoms with Gasteiger partial charge in [0, 0.05) is 17.7 Å². The summed E-state index contributed by atoms with van der Waals surface area (Å²) in [6.45, 7) is 0.0585. The second kappa shape index (κ2) is 7.98. The maximum absolute atomic E-state index is 14.4. The topological polar surface area (TPSA) is 80.5 Å². The maximum Gasteiger partial charge on any atom is 0.300 e. The summed E-state index contributed by atoms with van der Waals surface area (Å²) in [5.74, 6) is -5.14. The molecule has 2 aromatic carbocycles. The first-order valence-corrected chi connectivity index (χ1v) is 7.75. The van der Waals surface area contributed by atoms with Crippen LogP contribution in [-0.4, -0.2) is 34.6 Å². The van der Waals surface area contributed by atoms with Crippen LogP contribution in [0.1, 0.15) is 27.7 Å². The third kappa shape index (κ3) is 4.49. The Labute approximate surface area is 152 Å². The molecular formula is C18H15F3N2O4. The third-order valence-electron chi connectivity index (χ3n) is 3.89. The van der Waals surface area contributed by atoms with Gasteiger partial charge in [-0.05, 0) is 24.1 Å². The summed E-state index contributed by atoms with van der Waals surface area (Å²) in [6, 6.07) is 9.83. The first-order chi connectivity index (χ1) is 12.7. The lowest BCUT2D eigenvalue weighted by atomic mass is 10.0. The molecule has 0 bridgehead atoms. The monoisotopic (exact) mass is 380 g/mol. The van der Waals surface area contributed by atoms with E-state index in [4.69, 9.17) is 0 Å². The molecular weight excluding hydrogens is 365 g/mol. The van der Waals surface area contributed by atoms with Gasteiger partial charge in [0.15, 0.2) is 6.17 Å². The largest absolute Gasteiger partial charge is 0.300 e. The molecule has 0 aliphatic rings. The van der Waals surface area contributed by atoms with Crippen LogP contribution in [0.4, 0.5) is 18.9 Å². The summed E-state index contributed by atoms with van der Waals surface area (Å²) < 4.78 is 43.1. The zero-order valence-corrected chi connectivity index (χ0v) is 14.1. The highest BCUT2D eigenvalue weighted by Crippen LogP contribution is 2.36. The summed E-state index contributed by atoms with van der Waals surface area (Å²) in [5.41, 5.74) is -0.670. The van der Waals surface area contributed by atoms with Gasteiger partial charge in [-0.1, -0.05) is 30.3 Å². The number of nitro groups is 1. The van der Waals surface area contributed by atoms with Crippen molar-refractivity contribution in [3.63, 3.8) is 0 Å². The Morgan fingerprint density at radius 1 is 1.26 bits per heavy atom. The number of hydrogen-bond acceptors (Lipinski definition) is 4. The minimum Gasteiger partial charge on any atom is -0.278 e.